The van der Waals surface area contributed by atoms with Crippen LogP contribution < -0.4 is 5.32 Å². The molecule has 108 valence electrons. The first kappa shape index (κ1) is 14.2. The lowest BCUT2D eigenvalue weighted by atomic mass is 9.99. The Hall–Kier alpha value is -1.26. The first-order chi connectivity index (χ1) is 8.87. The molecule has 0 heterocycles. The maximum atomic E-state index is 12.3. The van der Waals surface area contributed by atoms with E-state index in [1.54, 1.807) is 0 Å². The van der Waals surface area contributed by atoms with E-state index in [0.717, 1.165) is 19.4 Å². The minimum atomic E-state index is -0.820. The van der Waals surface area contributed by atoms with Crippen molar-refractivity contribution in [2.75, 3.05) is 6.54 Å². The van der Waals surface area contributed by atoms with Gasteiger partial charge in [0, 0.05) is 24.5 Å². The lowest BCUT2D eigenvalue weighted by molar-refractivity contribution is -0.137. The molecule has 2 fully saturated rings. The van der Waals surface area contributed by atoms with Gasteiger partial charge in [-0.25, -0.2) is 4.79 Å². The van der Waals surface area contributed by atoms with E-state index in [9.17, 15) is 9.59 Å². The molecule has 0 bridgehead atoms. The Morgan fingerprint density at radius 1 is 1.26 bits per heavy atom. The van der Waals surface area contributed by atoms with Crippen LogP contribution in [0, 0.1) is 5.92 Å². The van der Waals surface area contributed by atoms with Crippen LogP contribution in [0.1, 0.15) is 52.4 Å². The Labute approximate surface area is 114 Å². The third-order valence-electron chi connectivity index (χ3n) is 3.81. The molecule has 0 atom stereocenters. The maximum Gasteiger partial charge on any atom is 0.318 e. The van der Waals surface area contributed by atoms with E-state index in [1.165, 1.54) is 12.8 Å². The maximum absolute atomic E-state index is 12.3. The van der Waals surface area contributed by atoms with E-state index in [-0.39, 0.29) is 12.5 Å². The van der Waals surface area contributed by atoms with Crippen LogP contribution in [0.25, 0.3) is 0 Å². The van der Waals surface area contributed by atoms with Crippen LogP contribution in [0.3, 0.4) is 0 Å². The van der Waals surface area contributed by atoms with Crippen LogP contribution in [-0.2, 0) is 4.79 Å². The van der Waals surface area contributed by atoms with Crippen molar-refractivity contribution < 1.29 is 14.7 Å². The van der Waals surface area contributed by atoms with Gasteiger partial charge in [-0.15, -0.1) is 0 Å². The van der Waals surface area contributed by atoms with Gasteiger partial charge in [0.2, 0.25) is 0 Å². The van der Waals surface area contributed by atoms with Crippen molar-refractivity contribution in [2.45, 2.75) is 64.0 Å². The Bertz CT molecular complexity index is 360. The van der Waals surface area contributed by atoms with E-state index >= 15 is 0 Å². The molecule has 2 rings (SSSR count). The van der Waals surface area contributed by atoms with Crippen molar-refractivity contribution in [1.29, 1.82) is 0 Å². The second-order valence-electron chi connectivity index (χ2n) is 6.53. The standard InChI is InChI=1S/C14H24N2O3/c1-14(2,8-7-12(17)18)15-13(19)16(11-5-6-11)9-10-3-4-10/h10-11H,3-9H2,1-2H3,(H,15,19)(H,17,18). The number of carbonyl (C=O) groups excluding carboxylic acids is 1. The molecule has 0 aromatic heterocycles. The molecule has 2 aliphatic carbocycles. The molecule has 2 amide bonds. The summed E-state index contributed by atoms with van der Waals surface area (Å²) in [5.74, 6) is -0.132. The number of nitrogens with zero attached hydrogens (tertiary/aromatic N) is 1. The quantitative estimate of drug-likeness (QED) is 0.743. The molecule has 0 aromatic rings. The van der Waals surface area contributed by atoms with Crippen LogP contribution >= 0.6 is 0 Å². The number of hydrogen-bond donors (Lipinski definition) is 2. The van der Waals surface area contributed by atoms with Crippen LogP contribution in [0.15, 0.2) is 0 Å². The number of carbonyl (C=O) groups is 2. The zero-order chi connectivity index (χ0) is 14.0. The summed E-state index contributed by atoms with van der Waals surface area (Å²) in [5.41, 5.74) is -0.466. The molecule has 19 heavy (non-hydrogen) atoms. The van der Waals surface area contributed by atoms with Crippen LogP contribution in [0.2, 0.25) is 0 Å². The summed E-state index contributed by atoms with van der Waals surface area (Å²) in [6, 6.07) is 0.390. The number of urea groups is 1. The molecule has 2 saturated carbocycles. The van der Waals surface area contributed by atoms with Gasteiger partial charge in [-0.2, -0.15) is 0 Å². The molecule has 0 saturated heterocycles. The Kier molecular flexibility index (Phi) is 4.02. The SMILES string of the molecule is CC(C)(CCC(=O)O)NC(=O)N(CC1CC1)C1CC1. The summed E-state index contributed by atoms with van der Waals surface area (Å²) in [4.78, 5) is 24.9. The molecule has 0 spiro atoms. The first-order valence-electron chi connectivity index (χ1n) is 7.18. The summed E-state index contributed by atoms with van der Waals surface area (Å²) in [6.07, 6.45) is 5.22. The van der Waals surface area contributed by atoms with E-state index < -0.39 is 11.5 Å². The highest BCUT2D eigenvalue weighted by molar-refractivity contribution is 5.76. The lowest BCUT2D eigenvalue weighted by Gasteiger charge is -2.31. The number of carboxylic acids is 1. The summed E-state index contributed by atoms with van der Waals surface area (Å²) < 4.78 is 0. The van der Waals surface area contributed by atoms with E-state index in [0.29, 0.717) is 18.4 Å². The molecule has 0 aromatic carbocycles. The second kappa shape index (κ2) is 5.39. The van der Waals surface area contributed by atoms with Crippen molar-refractivity contribution in [3.05, 3.63) is 0 Å². The average Bonchev–Trinajstić information content (AvgIpc) is 3.13. The second-order valence-corrected chi connectivity index (χ2v) is 6.53. The van der Waals surface area contributed by atoms with Gasteiger partial charge in [0.1, 0.15) is 0 Å². The zero-order valence-electron chi connectivity index (χ0n) is 11.8. The summed E-state index contributed by atoms with van der Waals surface area (Å²) in [6.45, 7) is 4.64. The molecule has 0 radical (unpaired) electrons. The molecular formula is C14H24N2O3. The highest BCUT2D eigenvalue weighted by Gasteiger charge is 2.37. The van der Waals surface area contributed by atoms with Gasteiger partial charge in [-0.1, -0.05) is 0 Å². The number of hydrogen-bond acceptors (Lipinski definition) is 2. The van der Waals surface area contributed by atoms with E-state index in [1.807, 2.05) is 18.7 Å². The Morgan fingerprint density at radius 3 is 2.37 bits per heavy atom. The molecule has 0 aliphatic heterocycles. The van der Waals surface area contributed by atoms with Crippen LogP contribution in [0.4, 0.5) is 4.79 Å². The van der Waals surface area contributed by atoms with Gasteiger partial charge in [0.05, 0.1) is 0 Å². The molecule has 2 N–H and O–H groups in total. The van der Waals surface area contributed by atoms with Gasteiger partial charge in [0.25, 0.3) is 0 Å². The Morgan fingerprint density at radius 2 is 1.89 bits per heavy atom. The Balaban J connectivity index is 1.84. The third-order valence-corrected chi connectivity index (χ3v) is 3.81. The molecule has 0 unspecified atom stereocenters. The number of carboxylic acid groups (broad SMARTS) is 1. The molecule has 2 aliphatic rings. The van der Waals surface area contributed by atoms with Crippen molar-refractivity contribution in [2.24, 2.45) is 5.92 Å². The largest absolute Gasteiger partial charge is 0.481 e. The van der Waals surface area contributed by atoms with Crippen molar-refractivity contribution in [1.82, 2.24) is 10.2 Å². The van der Waals surface area contributed by atoms with Crippen LogP contribution in [-0.4, -0.2) is 40.1 Å². The zero-order valence-corrected chi connectivity index (χ0v) is 11.8. The van der Waals surface area contributed by atoms with Crippen molar-refractivity contribution >= 4 is 12.0 Å². The number of rotatable bonds is 7. The van der Waals surface area contributed by atoms with Gasteiger partial charge < -0.3 is 15.3 Å². The number of aliphatic carboxylic acids is 1. The minimum absolute atomic E-state index is 0.0233. The van der Waals surface area contributed by atoms with Gasteiger partial charge in [-0.05, 0) is 51.9 Å². The fourth-order valence-electron chi connectivity index (χ4n) is 2.21. The van der Waals surface area contributed by atoms with Crippen LogP contribution in [0.5, 0.6) is 0 Å². The first-order valence-corrected chi connectivity index (χ1v) is 7.18. The topological polar surface area (TPSA) is 69.6 Å². The predicted molar refractivity (Wildman–Crippen MR) is 71.9 cm³/mol. The monoisotopic (exact) mass is 268 g/mol. The minimum Gasteiger partial charge on any atom is -0.481 e. The smallest absolute Gasteiger partial charge is 0.318 e. The summed E-state index contributed by atoms with van der Waals surface area (Å²) >= 11 is 0. The van der Waals surface area contributed by atoms with Crippen molar-refractivity contribution in [3.8, 4) is 0 Å². The summed E-state index contributed by atoms with van der Waals surface area (Å²) in [5, 5.41) is 11.7. The van der Waals surface area contributed by atoms with E-state index in [4.69, 9.17) is 5.11 Å². The predicted octanol–water partition coefficient (Wildman–Crippen LogP) is 2.21. The fourth-order valence-corrected chi connectivity index (χ4v) is 2.21. The van der Waals surface area contributed by atoms with E-state index in [2.05, 4.69) is 5.32 Å². The highest BCUT2D eigenvalue weighted by atomic mass is 16.4. The molecular weight excluding hydrogens is 244 g/mol. The van der Waals surface area contributed by atoms with Gasteiger partial charge >= 0.3 is 12.0 Å². The highest BCUT2D eigenvalue weighted by Crippen LogP contribution is 2.35. The molecule has 5 nitrogen and oxygen atoms in total. The normalized spacial score (nSPS) is 19.1. The van der Waals surface area contributed by atoms with Gasteiger partial charge in [-0.3, -0.25) is 4.79 Å². The van der Waals surface area contributed by atoms with Gasteiger partial charge in [0.15, 0.2) is 0 Å². The number of amides is 2. The average molecular weight is 268 g/mol. The van der Waals surface area contributed by atoms with Crippen molar-refractivity contribution in [3.63, 3.8) is 0 Å². The third kappa shape index (κ3) is 4.73. The molecule has 5 heteroatoms. The fraction of sp³-hybridized carbons (Fsp3) is 0.857. The lowest BCUT2D eigenvalue weighted by Crippen LogP contribution is -2.51. The number of nitrogens with one attached hydrogen (secondary N) is 1. The summed E-state index contributed by atoms with van der Waals surface area (Å²) in [7, 11) is 0.